The molecule has 5 heteroatoms. The van der Waals surface area contributed by atoms with Gasteiger partial charge in [-0.3, -0.25) is 10.1 Å². The van der Waals surface area contributed by atoms with Crippen molar-refractivity contribution in [3.05, 3.63) is 33.9 Å². The van der Waals surface area contributed by atoms with Crippen LogP contribution in [0.2, 0.25) is 0 Å². The molecule has 0 spiro atoms. The van der Waals surface area contributed by atoms with Crippen LogP contribution < -0.4 is 4.90 Å². The SMILES string of the molecule is O=[N+]([O-])c1ccc(N2CCCCCCC2)cc1CO. The molecule has 0 bridgehead atoms. The Labute approximate surface area is 113 Å². The lowest BCUT2D eigenvalue weighted by Crippen LogP contribution is -2.27. The molecule has 1 aromatic rings. The third kappa shape index (κ3) is 3.44. The van der Waals surface area contributed by atoms with Crippen molar-refractivity contribution < 1.29 is 10.0 Å². The zero-order chi connectivity index (χ0) is 13.7. The van der Waals surface area contributed by atoms with E-state index in [-0.39, 0.29) is 12.3 Å². The minimum atomic E-state index is -0.442. The molecule has 2 rings (SSSR count). The fourth-order valence-corrected chi connectivity index (χ4v) is 2.58. The molecular weight excluding hydrogens is 244 g/mol. The predicted octanol–water partition coefficient (Wildman–Crippen LogP) is 2.86. The summed E-state index contributed by atoms with van der Waals surface area (Å²) in [6.45, 7) is 1.68. The molecule has 1 saturated heterocycles. The van der Waals surface area contributed by atoms with E-state index >= 15 is 0 Å². The van der Waals surface area contributed by atoms with Gasteiger partial charge < -0.3 is 10.0 Å². The van der Waals surface area contributed by atoms with Gasteiger partial charge in [-0.1, -0.05) is 19.3 Å². The molecule has 19 heavy (non-hydrogen) atoms. The van der Waals surface area contributed by atoms with Crippen molar-refractivity contribution in [1.29, 1.82) is 0 Å². The molecule has 1 aromatic carbocycles. The molecule has 1 N–H and O–H groups in total. The lowest BCUT2D eigenvalue weighted by molar-refractivity contribution is -0.385. The summed E-state index contributed by atoms with van der Waals surface area (Å²) in [7, 11) is 0. The number of benzene rings is 1. The smallest absolute Gasteiger partial charge is 0.275 e. The molecule has 0 aromatic heterocycles. The van der Waals surface area contributed by atoms with E-state index in [9.17, 15) is 15.2 Å². The van der Waals surface area contributed by atoms with Crippen LogP contribution in [0.1, 0.15) is 37.7 Å². The number of anilines is 1. The van der Waals surface area contributed by atoms with Crippen LogP contribution >= 0.6 is 0 Å². The van der Waals surface area contributed by atoms with E-state index in [0.29, 0.717) is 5.56 Å². The number of nitrogens with zero attached hydrogens (tertiary/aromatic N) is 2. The van der Waals surface area contributed by atoms with E-state index in [1.54, 1.807) is 12.1 Å². The molecule has 104 valence electrons. The number of hydrogen-bond donors (Lipinski definition) is 1. The van der Waals surface area contributed by atoms with Crippen molar-refractivity contribution in [3.63, 3.8) is 0 Å². The van der Waals surface area contributed by atoms with Crippen LogP contribution in [0.25, 0.3) is 0 Å². The molecule has 1 aliphatic rings. The normalized spacial score (nSPS) is 16.8. The fourth-order valence-electron chi connectivity index (χ4n) is 2.58. The summed E-state index contributed by atoms with van der Waals surface area (Å²) in [6, 6.07) is 5.04. The molecule has 0 unspecified atom stereocenters. The molecular formula is C14H20N2O3. The Morgan fingerprint density at radius 1 is 1.16 bits per heavy atom. The standard InChI is InChI=1S/C14H20N2O3/c17-11-12-10-13(6-7-14(12)16(18)19)15-8-4-2-1-3-5-9-15/h6-7,10,17H,1-5,8-9,11H2. The van der Waals surface area contributed by atoms with Gasteiger partial charge in [0.05, 0.1) is 17.1 Å². The first-order valence-corrected chi connectivity index (χ1v) is 6.85. The highest BCUT2D eigenvalue weighted by atomic mass is 16.6. The predicted molar refractivity (Wildman–Crippen MR) is 74.3 cm³/mol. The van der Waals surface area contributed by atoms with E-state index in [1.807, 2.05) is 0 Å². The number of nitro groups is 1. The first-order valence-electron chi connectivity index (χ1n) is 6.85. The summed E-state index contributed by atoms with van der Waals surface area (Å²) in [5.41, 5.74) is 1.37. The third-order valence-corrected chi connectivity index (χ3v) is 3.65. The average molecular weight is 264 g/mol. The largest absolute Gasteiger partial charge is 0.391 e. The maximum Gasteiger partial charge on any atom is 0.275 e. The van der Waals surface area contributed by atoms with Crippen LogP contribution in [-0.4, -0.2) is 23.1 Å². The van der Waals surface area contributed by atoms with Gasteiger partial charge in [0, 0.05) is 24.8 Å². The summed E-state index contributed by atoms with van der Waals surface area (Å²) in [5.74, 6) is 0. The summed E-state index contributed by atoms with van der Waals surface area (Å²) in [4.78, 5) is 12.7. The molecule has 0 radical (unpaired) electrons. The van der Waals surface area contributed by atoms with Crippen LogP contribution in [0.3, 0.4) is 0 Å². The highest BCUT2D eigenvalue weighted by molar-refractivity contribution is 5.55. The van der Waals surface area contributed by atoms with Crippen molar-refractivity contribution in [2.45, 2.75) is 38.7 Å². The minimum absolute atomic E-state index is 0.00158. The van der Waals surface area contributed by atoms with Crippen LogP contribution in [0.15, 0.2) is 18.2 Å². The van der Waals surface area contributed by atoms with Gasteiger partial charge in [0.2, 0.25) is 0 Å². The lowest BCUT2D eigenvalue weighted by atomic mass is 10.1. The number of nitro benzene ring substituents is 1. The summed E-state index contributed by atoms with van der Waals surface area (Å²) in [6.07, 6.45) is 6.11. The van der Waals surface area contributed by atoms with Crippen LogP contribution in [-0.2, 0) is 6.61 Å². The van der Waals surface area contributed by atoms with Crippen LogP contribution in [0.4, 0.5) is 11.4 Å². The Morgan fingerprint density at radius 2 is 1.79 bits per heavy atom. The molecule has 0 atom stereocenters. The van der Waals surface area contributed by atoms with E-state index in [0.717, 1.165) is 31.6 Å². The average Bonchev–Trinajstić information content (AvgIpc) is 2.37. The molecule has 1 heterocycles. The van der Waals surface area contributed by atoms with Gasteiger partial charge in [-0.15, -0.1) is 0 Å². The summed E-state index contributed by atoms with van der Waals surface area (Å²) in [5, 5.41) is 20.1. The first-order chi connectivity index (χ1) is 9.22. The summed E-state index contributed by atoms with van der Waals surface area (Å²) < 4.78 is 0. The number of hydrogen-bond acceptors (Lipinski definition) is 4. The van der Waals surface area contributed by atoms with Crippen LogP contribution in [0.5, 0.6) is 0 Å². The van der Waals surface area contributed by atoms with Gasteiger partial charge in [0.1, 0.15) is 0 Å². The molecule has 0 amide bonds. The molecule has 0 saturated carbocycles. The van der Waals surface area contributed by atoms with E-state index in [2.05, 4.69) is 4.90 Å². The van der Waals surface area contributed by atoms with E-state index in [4.69, 9.17) is 0 Å². The van der Waals surface area contributed by atoms with Gasteiger partial charge in [-0.05, 0) is 25.0 Å². The van der Waals surface area contributed by atoms with Crippen molar-refractivity contribution in [3.8, 4) is 0 Å². The molecule has 0 aliphatic carbocycles. The maximum absolute atomic E-state index is 10.8. The zero-order valence-corrected chi connectivity index (χ0v) is 11.0. The van der Waals surface area contributed by atoms with Crippen LogP contribution in [0, 0.1) is 10.1 Å². The van der Waals surface area contributed by atoms with Crippen molar-refractivity contribution >= 4 is 11.4 Å². The Balaban J connectivity index is 2.21. The lowest BCUT2D eigenvalue weighted by Gasteiger charge is -2.27. The highest BCUT2D eigenvalue weighted by Gasteiger charge is 2.16. The Bertz CT molecular complexity index is 440. The number of aliphatic hydroxyl groups is 1. The Kier molecular flexibility index (Phi) is 4.74. The molecule has 5 nitrogen and oxygen atoms in total. The van der Waals surface area contributed by atoms with E-state index < -0.39 is 4.92 Å². The molecule has 1 aliphatic heterocycles. The second kappa shape index (κ2) is 6.52. The summed E-state index contributed by atoms with van der Waals surface area (Å²) >= 11 is 0. The second-order valence-electron chi connectivity index (χ2n) is 4.98. The van der Waals surface area contributed by atoms with Gasteiger partial charge in [0.25, 0.3) is 5.69 Å². The third-order valence-electron chi connectivity index (χ3n) is 3.65. The quantitative estimate of drug-likeness (QED) is 0.673. The second-order valence-corrected chi connectivity index (χ2v) is 4.98. The van der Waals surface area contributed by atoms with Gasteiger partial charge in [-0.25, -0.2) is 0 Å². The molecule has 1 fully saturated rings. The van der Waals surface area contributed by atoms with E-state index in [1.165, 1.54) is 25.3 Å². The van der Waals surface area contributed by atoms with Gasteiger partial charge in [-0.2, -0.15) is 0 Å². The maximum atomic E-state index is 10.8. The van der Waals surface area contributed by atoms with Gasteiger partial charge in [0.15, 0.2) is 0 Å². The number of aliphatic hydroxyl groups excluding tert-OH is 1. The first kappa shape index (κ1) is 13.8. The van der Waals surface area contributed by atoms with Crippen molar-refractivity contribution in [2.75, 3.05) is 18.0 Å². The Hall–Kier alpha value is -1.62. The number of rotatable bonds is 3. The Morgan fingerprint density at radius 3 is 2.37 bits per heavy atom. The topological polar surface area (TPSA) is 66.6 Å². The minimum Gasteiger partial charge on any atom is -0.391 e. The van der Waals surface area contributed by atoms with Crippen molar-refractivity contribution in [2.24, 2.45) is 0 Å². The highest BCUT2D eigenvalue weighted by Crippen LogP contribution is 2.26. The monoisotopic (exact) mass is 264 g/mol. The fraction of sp³-hybridized carbons (Fsp3) is 0.571. The van der Waals surface area contributed by atoms with Gasteiger partial charge >= 0.3 is 0 Å². The van der Waals surface area contributed by atoms with Crippen molar-refractivity contribution in [1.82, 2.24) is 0 Å². The zero-order valence-electron chi connectivity index (χ0n) is 11.0.